The molecule has 1 aliphatic heterocycles. The van der Waals surface area contributed by atoms with Gasteiger partial charge in [0.15, 0.2) is 11.5 Å². The highest BCUT2D eigenvalue weighted by atomic mass is 32.1. The molecule has 182 valence electrons. The van der Waals surface area contributed by atoms with Crippen molar-refractivity contribution in [2.45, 2.75) is 40.3 Å². The van der Waals surface area contributed by atoms with Crippen molar-refractivity contribution in [3.05, 3.63) is 39.9 Å². The Morgan fingerprint density at radius 2 is 1.91 bits per heavy atom. The molecular formula is C26H32N2O5S. The highest BCUT2D eigenvalue weighted by Gasteiger charge is 2.29. The largest absolute Gasteiger partial charge is 0.493 e. The molecule has 1 aromatic carbocycles. The third kappa shape index (κ3) is 4.50. The number of thiophene rings is 1. The summed E-state index contributed by atoms with van der Waals surface area (Å²) in [7, 11) is 3.23. The lowest BCUT2D eigenvalue weighted by atomic mass is 9.92. The predicted molar refractivity (Wildman–Crippen MR) is 134 cm³/mol. The molecule has 0 bridgehead atoms. The van der Waals surface area contributed by atoms with Crippen LogP contribution in [0.2, 0.25) is 0 Å². The summed E-state index contributed by atoms with van der Waals surface area (Å²) in [5, 5.41) is 1.02. The van der Waals surface area contributed by atoms with Crippen LogP contribution in [0.3, 0.4) is 0 Å². The number of methoxy groups -OCH3 is 2. The van der Waals surface area contributed by atoms with Gasteiger partial charge in [0.25, 0.3) is 0 Å². The van der Waals surface area contributed by atoms with E-state index in [1.54, 1.807) is 25.6 Å². The van der Waals surface area contributed by atoms with E-state index in [0.717, 1.165) is 46.5 Å². The van der Waals surface area contributed by atoms with Crippen molar-refractivity contribution in [2.75, 3.05) is 40.5 Å². The van der Waals surface area contributed by atoms with Crippen molar-refractivity contribution >= 4 is 27.5 Å². The quantitative estimate of drug-likeness (QED) is 0.393. The molecule has 0 N–H and O–H groups in total. The summed E-state index contributed by atoms with van der Waals surface area (Å²) in [4.78, 5) is 22.9. The Balaban J connectivity index is 2.08. The summed E-state index contributed by atoms with van der Waals surface area (Å²) in [6, 6.07) is 5.78. The third-order valence-electron chi connectivity index (χ3n) is 6.25. The van der Waals surface area contributed by atoms with Gasteiger partial charge in [-0.2, -0.15) is 0 Å². The highest BCUT2D eigenvalue weighted by molar-refractivity contribution is 7.19. The molecule has 7 nitrogen and oxygen atoms in total. The molecule has 0 amide bonds. The summed E-state index contributed by atoms with van der Waals surface area (Å²) in [5.74, 6) is 0.895. The van der Waals surface area contributed by atoms with Gasteiger partial charge in [-0.3, -0.25) is 4.90 Å². The van der Waals surface area contributed by atoms with Crippen molar-refractivity contribution in [3.8, 4) is 22.6 Å². The van der Waals surface area contributed by atoms with Crippen LogP contribution in [0.4, 0.5) is 0 Å². The maximum absolute atomic E-state index is 13.5. The number of nitrogens with zero attached hydrogens (tertiary/aromatic N) is 2. The van der Waals surface area contributed by atoms with Gasteiger partial charge in [0.2, 0.25) is 0 Å². The third-order valence-corrected chi connectivity index (χ3v) is 7.35. The van der Waals surface area contributed by atoms with Crippen LogP contribution in [0, 0.1) is 0 Å². The minimum atomic E-state index is -0.351. The fourth-order valence-corrected chi connectivity index (χ4v) is 5.67. The SMILES string of the molecule is CCOC(=O)c1c(CN(CC)CC)nc2sc3c(c2c1-c1ccc(OC)c(OC)c1)CCOC3. The first-order chi connectivity index (χ1) is 16.6. The van der Waals surface area contributed by atoms with Gasteiger partial charge in [-0.05, 0) is 49.7 Å². The van der Waals surface area contributed by atoms with Crippen molar-refractivity contribution in [1.29, 1.82) is 0 Å². The Morgan fingerprint density at radius 3 is 2.59 bits per heavy atom. The Morgan fingerprint density at radius 1 is 1.15 bits per heavy atom. The molecule has 3 heterocycles. The molecule has 0 saturated heterocycles. The Labute approximate surface area is 204 Å². The molecule has 0 spiro atoms. The lowest BCUT2D eigenvalue weighted by Gasteiger charge is -2.22. The van der Waals surface area contributed by atoms with E-state index >= 15 is 0 Å². The minimum Gasteiger partial charge on any atom is -0.493 e. The van der Waals surface area contributed by atoms with Crippen LogP contribution in [0.1, 0.15) is 47.3 Å². The van der Waals surface area contributed by atoms with Crippen molar-refractivity contribution in [1.82, 2.24) is 9.88 Å². The topological polar surface area (TPSA) is 70.1 Å². The standard InChI is InChI=1S/C26H32N2O5S/c1-6-28(7-2)14-18-24(26(29)33-8-3)22(16-9-10-19(30-4)20(13-16)31-5)23-17-11-12-32-15-21(17)34-25(23)27-18/h9-10,13H,6-8,11-12,14-15H2,1-5H3. The Kier molecular flexibility index (Phi) is 7.70. The number of benzene rings is 1. The zero-order chi connectivity index (χ0) is 24.2. The number of rotatable bonds is 9. The molecule has 0 atom stereocenters. The number of aromatic nitrogens is 1. The Bertz CT molecular complexity index is 1190. The fourth-order valence-electron chi connectivity index (χ4n) is 4.48. The summed E-state index contributed by atoms with van der Waals surface area (Å²) >= 11 is 1.65. The van der Waals surface area contributed by atoms with E-state index < -0.39 is 0 Å². The summed E-state index contributed by atoms with van der Waals surface area (Å²) in [6.45, 7) is 9.86. The summed E-state index contributed by atoms with van der Waals surface area (Å²) < 4.78 is 22.4. The van der Waals surface area contributed by atoms with Gasteiger partial charge in [-0.1, -0.05) is 19.9 Å². The number of carbonyl (C=O) groups excluding carboxylic acids is 1. The first kappa shape index (κ1) is 24.4. The summed E-state index contributed by atoms with van der Waals surface area (Å²) in [6.07, 6.45) is 0.787. The van der Waals surface area contributed by atoms with E-state index in [1.165, 1.54) is 10.4 Å². The van der Waals surface area contributed by atoms with E-state index in [1.807, 2.05) is 25.1 Å². The molecule has 3 aromatic rings. The first-order valence-electron chi connectivity index (χ1n) is 11.7. The van der Waals surface area contributed by atoms with Crippen LogP contribution in [0.5, 0.6) is 11.5 Å². The molecule has 1 aliphatic rings. The Hall–Kier alpha value is -2.68. The van der Waals surface area contributed by atoms with Crippen molar-refractivity contribution in [2.24, 2.45) is 0 Å². The van der Waals surface area contributed by atoms with Gasteiger partial charge in [0.05, 0.1) is 45.3 Å². The van der Waals surface area contributed by atoms with E-state index in [2.05, 4.69) is 18.7 Å². The van der Waals surface area contributed by atoms with Crippen molar-refractivity contribution < 1.29 is 23.7 Å². The smallest absolute Gasteiger partial charge is 0.340 e. The molecule has 2 aromatic heterocycles. The van der Waals surface area contributed by atoms with E-state index in [0.29, 0.717) is 43.4 Å². The van der Waals surface area contributed by atoms with E-state index in [4.69, 9.17) is 23.9 Å². The summed E-state index contributed by atoms with van der Waals surface area (Å²) in [5.41, 5.74) is 4.20. The van der Waals surface area contributed by atoms with Crippen LogP contribution < -0.4 is 9.47 Å². The van der Waals surface area contributed by atoms with Crippen molar-refractivity contribution in [3.63, 3.8) is 0 Å². The number of esters is 1. The second-order valence-electron chi connectivity index (χ2n) is 8.05. The average molecular weight is 485 g/mol. The normalized spacial score (nSPS) is 13.2. The highest BCUT2D eigenvalue weighted by Crippen LogP contribution is 2.44. The number of hydrogen-bond donors (Lipinski definition) is 0. The number of ether oxygens (including phenoxy) is 4. The second-order valence-corrected chi connectivity index (χ2v) is 9.13. The van der Waals surface area contributed by atoms with Crippen LogP contribution >= 0.6 is 11.3 Å². The zero-order valence-electron chi connectivity index (χ0n) is 20.5. The maximum Gasteiger partial charge on any atom is 0.340 e. The molecule has 34 heavy (non-hydrogen) atoms. The lowest BCUT2D eigenvalue weighted by molar-refractivity contribution is 0.0524. The molecule has 0 saturated carbocycles. The molecule has 0 fully saturated rings. The number of fused-ring (bicyclic) bond motifs is 3. The van der Waals surface area contributed by atoms with Gasteiger partial charge >= 0.3 is 5.97 Å². The number of carbonyl (C=O) groups is 1. The van der Waals surface area contributed by atoms with Crippen LogP contribution in [-0.4, -0.2) is 56.4 Å². The van der Waals surface area contributed by atoms with Crippen LogP contribution in [0.15, 0.2) is 18.2 Å². The van der Waals surface area contributed by atoms with Gasteiger partial charge in [-0.25, -0.2) is 9.78 Å². The second kappa shape index (κ2) is 10.7. The average Bonchev–Trinajstić information content (AvgIpc) is 3.24. The van der Waals surface area contributed by atoms with Gasteiger partial charge in [-0.15, -0.1) is 11.3 Å². The minimum absolute atomic E-state index is 0.294. The van der Waals surface area contributed by atoms with Gasteiger partial charge in [0.1, 0.15) is 4.83 Å². The van der Waals surface area contributed by atoms with Gasteiger partial charge in [0, 0.05) is 22.4 Å². The number of pyridine rings is 1. The first-order valence-corrected chi connectivity index (χ1v) is 12.5. The predicted octanol–water partition coefficient (Wildman–Crippen LogP) is 5.07. The number of hydrogen-bond acceptors (Lipinski definition) is 8. The van der Waals surface area contributed by atoms with E-state index in [-0.39, 0.29) is 5.97 Å². The molecule has 8 heteroatoms. The fraction of sp³-hybridized carbons (Fsp3) is 0.462. The monoisotopic (exact) mass is 484 g/mol. The molecule has 0 radical (unpaired) electrons. The van der Waals surface area contributed by atoms with E-state index in [9.17, 15) is 4.79 Å². The van der Waals surface area contributed by atoms with Crippen LogP contribution in [0.25, 0.3) is 21.3 Å². The molecular weight excluding hydrogens is 452 g/mol. The molecule has 0 unspecified atom stereocenters. The maximum atomic E-state index is 13.5. The molecule has 4 rings (SSSR count). The van der Waals surface area contributed by atoms with Gasteiger partial charge < -0.3 is 18.9 Å². The van der Waals surface area contributed by atoms with Crippen LogP contribution in [-0.2, 0) is 29.0 Å². The zero-order valence-corrected chi connectivity index (χ0v) is 21.3. The lowest BCUT2D eigenvalue weighted by Crippen LogP contribution is -2.25. The molecule has 0 aliphatic carbocycles.